The lowest BCUT2D eigenvalue weighted by Crippen LogP contribution is -2.08. The molecule has 110 valence electrons. The highest BCUT2D eigenvalue weighted by Gasteiger charge is 2.11. The molecule has 21 heavy (non-hydrogen) atoms. The molecule has 6 heteroatoms. The molecule has 1 aromatic carbocycles. The SMILES string of the molecule is NNc1cccc(CSc2ccc3c(c2)OCCCO3)n1. The second-order valence-corrected chi connectivity index (χ2v) is 5.65. The number of aromatic nitrogens is 1. The van der Waals surface area contributed by atoms with Gasteiger partial charge in [-0.1, -0.05) is 6.07 Å². The summed E-state index contributed by atoms with van der Waals surface area (Å²) in [6, 6.07) is 11.8. The van der Waals surface area contributed by atoms with E-state index in [1.165, 1.54) is 0 Å². The van der Waals surface area contributed by atoms with E-state index in [0.29, 0.717) is 19.0 Å². The molecule has 1 aromatic heterocycles. The number of fused-ring (bicyclic) bond motifs is 1. The number of rotatable bonds is 4. The predicted molar refractivity (Wildman–Crippen MR) is 83.7 cm³/mol. The highest BCUT2D eigenvalue weighted by Crippen LogP contribution is 2.34. The smallest absolute Gasteiger partial charge is 0.162 e. The summed E-state index contributed by atoms with van der Waals surface area (Å²) in [4.78, 5) is 5.53. The van der Waals surface area contributed by atoms with E-state index in [-0.39, 0.29) is 0 Å². The van der Waals surface area contributed by atoms with Crippen molar-refractivity contribution >= 4 is 17.6 Å². The lowest BCUT2D eigenvalue weighted by Gasteiger charge is -2.09. The van der Waals surface area contributed by atoms with Gasteiger partial charge in [-0.05, 0) is 30.3 Å². The van der Waals surface area contributed by atoms with Crippen molar-refractivity contribution in [3.63, 3.8) is 0 Å². The first kappa shape index (κ1) is 14.0. The van der Waals surface area contributed by atoms with Gasteiger partial charge in [-0.2, -0.15) is 0 Å². The molecule has 1 aliphatic rings. The van der Waals surface area contributed by atoms with Gasteiger partial charge in [0.25, 0.3) is 0 Å². The Balaban J connectivity index is 1.69. The van der Waals surface area contributed by atoms with Crippen molar-refractivity contribution in [2.24, 2.45) is 5.84 Å². The van der Waals surface area contributed by atoms with Gasteiger partial charge in [0.1, 0.15) is 5.82 Å². The van der Waals surface area contributed by atoms with Crippen LogP contribution < -0.4 is 20.7 Å². The second-order valence-electron chi connectivity index (χ2n) is 4.61. The van der Waals surface area contributed by atoms with Crippen molar-refractivity contribution in [1.82, 2.24) is 4.98 Å². The topological polar surface area (TPSA) is 69.4 Å². The van der Waals surface area contributed by atoms with Crippen LogP contribution in [0, 0.1) is 0 Å². The number of nitrogens with two attached hydrogens (primary N) is 1. The van der Waals surface area contributed by atoms with E-state index in [4.69, 9.17) is 15.3 Å². The minimum atomic E-state index is 0.673. The number of pyridine rings is 1. The Morgan fingerprint density at radius 1 is 1.14 bits per heavy atom. The van der Waals surface area contributed by atoms with Crippen LogP contribution in [0.4, 0.5) is 5.82 Å². The molecule has 0 bridgehead atoms. The Labute approximate surface area is 127 Å². The van der Waals surface area contributed by atoms with Crippen LogP contribution in [0.25, 0.3) is 0 Å². The molecule has 0 saturated carbocycles. The number of hydrogen-bond acceptors (Lipinski definition) is 6. The van der Waals surface area contributed by atoms with Gasteiger partial charge in [0.2, 0.25) is 0 Å². The summed E-state index contributed by atoms with van der Waals surface area (Å²) in [7, 11) is 0. The molecule has 1 aliphatic heterocycles. The van der Waals surface area contributed by atoms with Crippen molar-refractivity contribution in [1.29, 1.82) is 0 Å². The van der Waals surface area contributed by atoms with E-state index in [1.54, 1.807) is 11.8 Å². The zero-order valence-corrected chi connectivity index (χ0v) is 12.4. The number of thioether (sulfide) groups is 1. The Morgan fingerprint density at radius 2 is 2.00 bits per heavy atom. The molecule has 0 fully saturated rings. The van der Waals surface area contributed by atoms with E-state index in [2.05, 4.69) is 10.4 Å². The van der Waals surface area contributed by atoms with E-state index in [1.807, 2.05) is 36.4 Å². The fraction of sp³-hybridized carbons (Fsp3) is 0.267. The van der Waals surface area contributed by atoms with Crippen LogP contribution in [0.2, 0.25) is 0 Å². The van der Waals surface area contributed by atoms with Gasteiger partial charge in [0, 0.05) is 17.1 Å². The Bertz CT molecular complexity index is 622. The molecule has 0 atom stereocenters. The van der Waals surface area contributed by atoms with E-state index < -0.39 is 0 Å². The minimum absolute atomic E-state index is 0.673. The highest BCUT2D eigenvalue weighted by molar-refractivity contribution is 7.98. The summed E-state index contributed by atoms with van der Waals surface area (Å²) in [5.74, 6) is 8.46. The summed E-state index contributed by atoms with van der Waals surface area (Å²) >= 11 is 1.71. The number of nitrogens with zero attached hydrogens (tertiary/aromatic N) is 1. The maximum Gasteiger partial charge on any atom is 0.162 e. The van der Waals surface area contributed by atoms with Gasteiger partial charge in [-0.3, -0.25) is 0 Å². The fourth-order valence-electron chi connectivity index (χ4n) is 2.03. The first-order valence-electron chi connectivity index (χ1n) is 6.80. The molecule has 2 aromatic rings. The van der Waals surface area contributed by atoms with E-state index in [0.717, 1.165) is 34.3 Å². The van der Waals surface area contributed by atoms with Crippen molar-refractivity contribution in [2.45, 2.75) is 17.1 Å². The van der Waals surface area contributed by atoms with Crippen LogP contribution in [-0.2, 0) is 5.75 Å². The molecule has 3 rings (SSSR count). The van der Waals surface area contributed by atoms with Crippen LogP contribution in [-0.4, -0.2) is 18.2 Å². The van der Waals surface area contributed by atoms with Gasteiger partial charge < -0.3 is 14.9 Å². The monoisotopic (exact) mass is 303 g/mol. The van der Waals surface area contributed by atoms with Crippen LogP contribution in [0.15, 0.2) is 41.3 Å². The number of benzene rings is 1. The third-order valence-corrected chi connectivity index (χ3v) is 4.09. The Kier molecular flexibility index (Phi) is 4.47. The minimum Gasteiger partial charge on any atom is -0.490 e. The standard InChI is InChI=1S/C15H17N3O2S/c16-18-15-4-1-3-11(17-15)10-21-12-5-6-13-14(9-12)20-8-2-7-19-13/h1,3-6,9H,2,7-8,10,16H2,(H,17,18). The molecular weight excluding hydrogens is 286 g/mol. The van der Waals surface area contributed by atoms with Crippen molar-refractivity contribution in [3.05, 3.63) is 42.1 Å². The average molecular weight is 303 g/mol. The molecular formula is C15H17N3O2S. The second kappa shape index (κ2) is 6.69. The number of ether oxygens (including phenoxy) is 2. The Morgan fingerprint density at radius 3 is 2.86 bits per heavy atom. The number of hydrazine groups is 1. The number of hydrogen-bond donors (Lipinski definition) is 2. The van der Waals surface area contributed by atoms with Crippen LogP contribution in [0.3, 0.4) is 0 Å². The summed E-state index contributed by atoms with van der Waals surface area (Å²) in [5, 5.41) is 0. The van der Waals surface area contributed by atoms with Crippen molar-refractivity contribution in [2.75, 3.05) is 18.6 Å². The Hall–Kier alpha value is -1.92. The molecule has 0 spiro atoms. The molecule has 0 amide bonds. The normalized spacial score (nSPS) is 13.6. The zero-order chi connectivity index (χ0) is 14.5. The highest BCUT2D eigenvalue weighted by atomic mass is 32.2. The van der Waals surface area contributed by atoms with Crippen LogP contribution in [0.5, 0.6) is 11.5 Å². The lowest BCUT2D eigenvalue weighted by molar-refractivity contribution is 0.297. The maximum atomic E-state index is 5.70. The van der Waals surface area contributed by atoms with Crippen LogP contribution >= 0.6 is 11.8 Å². The lowest BCUT2D eigenvalue weighted by atomic mass is 10.3. The van der Waals surface area contributed by atoms with Gasteiger partial charge in [-0.15, -0.1) is 11.8 Å². The summed E-state index contributed by atoms with van der Waals surface area (Å²) < 4.78 is 11.3. The van der Waals surface area contributed by atoms with Gasteiger partial charge >= 0.3 is 0 Å². The van der Waals surface area contributed by atoms with Crippen LogP contribution in [0.1, 0.15) is 12.1 Å². The first-order valence-corrected chi connectivity index (χ1v) is 7.79. The molecule has 5 nitrogen and oxygen atoms in total. The first-order chi connectivity index (χ1) is 10.3. The molecule has 0 radical (unpaired) electrons. The van der Waals surface area contributed by atoms with Gasteiger partial charge in [-0.25, -0.2) is 10.8 Å². The molecule has 0 saturated heterocycles. The van der Waals surface area contributed by atoms with E-state index in [9.17, 15) is 0 Å². The number of nitrogen functional groups attached to an aromatic ring is 1. The van der Waals surface area contributed by atoms with Crippen molar-refractivity contribution < 1.29 is 9.47 Å². The predicted octanol–water partition coefficient (Wildman–Crippen LogP) is 2.82. The van der Waals surface area contributed by atoms with Gasteiger partial charge in [0.05, 0.1) is 18.9 Å². The maximum absolute atomic E-state index is 5.70. The quantitative estimate of drug-likeness (QED) is 0.514. The number of anilines is 1. The fourth-order valence-corrected chi connectivity index (χ4v) is 2.86. The summed E-state index contributed by atoms with van der Waals surface area (Å²) in [6.07, 6.45) is 0.917. The molecule has 3 N–H and O–H groups in total. The summed E-state index contributed by atoms with van der Waals surface area (Å²) in [5.41, 5.74) is 3.53. The van der Waals surface area contributed by atoms with Gasteiger partial charge in [0.15, 0.2) is 11.5 Å². The molecule has 2 heterocycles. The largest absolute Gasteiger partial charge is 0.490 e. The zero-order valence-electron chi connectivity index (χ0n) is 11.5. The van der Waals surface area contributed by atoms with E-state index >= 15 is 0 Å². The average Bonchev–Trinajstić information content (AvgIpc) is 2.78. The number of nitrogens with one attached hydrogen (secondary N) is 1. The third-order valence-electron chi connectivity index (χ3n) is 3.06. The summed E-state index contributed by atoms with van der Waals surface area (Å²) in [6.45, 7) is 1.41. The molecule has 0 unspecified atom stereocenters. The molecule has 0 aliphatic carbocycles. The van der Waals surface area contributed by atoms with Crippen molar-refractivity contribution in [3.8, 4) is 11.5 Å². The third kappa shape index (κ3) is 3.59.